The maximum Gasteiger partial charge on any atom is 0.260 e. The second-order valence-corrected chi connectivity index (χ2v) is 7.40. The molecule has 0 aliphatic carbocycles. The van der Waals surface area contributed by atoms with Crippen molar-refractivity contribution < 1.29 is 27.8 Å². The van der Waals surface area contributed by atoms with Crippen LogP contribution in [0.15, 0.2) is 42.5 Å². The van der Waals surface area contributed by atoms with Crippen LogP contribution in [-0.4, -0.2) is 38.4 Å². The Bertz CT molecular complexity index is 851. The zero-order valence-electron chi connectivity index (χ0n) is 17.3. The highest BCUT2D eigenvalue weighted by Gasteiger charge is 2.35. The minimum Gasteiger partial charge on any atom is -0.494 e. The van der Waals surface area contributed by atoms with E-state index in [-0.39, 0.29) is 17.1 Å². The van der Waals surface area contributed by atoms with Gasteiger partial charge in [-0.1, -0.05) is 12.1 Å². The van der Waals surface area contributed by atoms with Crippen LogP contribution in [0.25, 0.3) is 0 Å². The Balaban J connectivity index is 1.66. The Labute approximate surface area is 175 Å². The summed E-state index contributed by atoms with van der Waals surface area (Å²) in [5.41, 5.74) is 0.865. The monoisotopic (exact) mass is 419 g/mol. The first-order valence-corrected chi connectivity index (χ1v) is 10.1. The number of rotatable bonds is 8. The van der Waals surface area contributed by atoms with Crippen molar-refractivity contribution in [2.75, 3.05) is 26.4 Å². The van der Waals surface area contributed by atoms with Gasteiger partial charge in [0, 0.05) is 31.2 Å². The van der Waals surface area contributed by atoms with E-state index in [2.05, 4.69) is 5.32 Å². The van der Waals surface area contributed by atoms with Crippen LogP contribution in [0.1, 0.15) is 32.3 Å². The lowest BCUT2D eigenvalue weighted by Gasteiger charge is -2.38. The van der Waals surface area contributed by atoms with Crippen molar-refractivity contribution >= 4 is 5.91 Å². The van der Waals surface area contributed by atoms with Crippen LogP contribution in [0.2, 0.25) is 0 Å². The fourth-order valence-electron chi connectivity index (χ4n) is 3.61. The maximum absolute atomic E-state index is 13.4. The van der Waals surface area contributed by atoms with Crippen molar-refractivity contribution in [2.24, 2.45) is 0 Å². The van der Waals surface area contributed by atoms with Gasteiger partial charge in [0.05, 0.1) is 6.61 Å². The molecular formula is C23H27F2NO4. The number of hydrogen-bond acceptors (Lipinski definition) is 4. The maximum atomic E-state index is 13.4. The molecule has 5 nitrogen and oxygen atoms in total. The van der Waals surface area contributed by atoms with Crippen LogP contribution in [0.5, 0.6) is 11.5 Å². The molecule has 1 amide bonds. The largest absolute Gasteiger partial charge is 0.494 e. The quantitative estimate of drug-likeness (QED) is 0.703. The van der Waals surface area contributed by atoms with Gasteiger partial charge < -0.3 is 19.5 Å². The molecule has 1 aliphatic heterocycles. The molecule has 1 unspecified atom stereocenters. The predicted octanol–water partition coefficient (Wildman–Crippen LogP) is 4.00. The Morgan fingerprint density at radius 3 is 2.40 bits per heavy atom. The topological polar surface area (TPSA) is 56.8 Å². The normalized spacial score (nSPS) is 16.5. The summed E-state index contributed by atoms with van der Waals surface area (Å²) in [6.45, 7) is 5.77. The molecule has 1 heterocycles. The summed E-state index contributed by atoms with van der Waals surface area (Å²) in [7, 11) is 0. The van der Waals surface area contributed by atoms with E-state index in [9.17, 15) is 13.6 Å². The average molecular weight is 419 g/mol. The van der Waals surface area contributed by atoms with Gasteiger partial charge in [0.1, 0.15) is 11.5 Å². The molecule has 1 aliphatic rings. The van der Waals surface area contributed by atoms with E-state index in [4.69, 9.17) is 14.2 Å². The lowest BCUT2D eigenvalue weighted by Crippen LogP contribution is -2.47. The Kier molecular flexibility index (Phi) is 7.26. The molecule has 2 aromatic rings. The SMILES string of the molecule is CCOc1ccc(C2(CNC(=O)C(C)Oc3ccc(F)c(F)c3)CCOCC2)cc1. The molecule has 0 aromatic heterocycles. The van der Waals surface area contributed by atoms with E-state index in [1.54, 1.807) is 6.92 Å². The van der Waals surface area contributed by atoms with Crippen molar-refractivity contribution in [3.63, 3.8) is 0 Å². The highest BCUT2D eigenvalue weighted by molar-refractivity contribution is 5.80. The molecule has 3 rings (SSSR count). The molecule has 2 aromatic carbocycles. The molecule has 30 heavy (non-hydrogen) atoms. The lowest BCUT2D eigenvalue weighted by atomic mass is 9.74. The minimum atomic E-state index is -1.02. The van der Waals surface area contributed by atoms with Crippen LogP contribution in [0, 0.1) is 11.6 Å². The van der Waals surface area contributed by atoms with Crippen molar-refractivity contribution in [1.29, 1.82) is 0 Å². The number of ether oxygens (including phenoxy) is 3. The van der Waals surface area contributed by atoms with Gasteiger partial charge in [0.25, 0.3) is 5.91 Å². The van der Waals surface area contributed by atoms with Crippen LogP contribution in [0.4, 0.5) is 8.78 Å². The van der Waals surface area contributed by atoms with E-state index in [0.29, 0.717) is 26.4 Å². The summed E-state index contributed by atoms with van der Waals surface area (Å²) >= 11 is 0. The second kappa shape index (κ2) is 9.89. The van der Waals surface area contributed by atoms with E-state index in [1.165, 1.54) is 6.07 Å². The third-order valence-electron chi connectivity index (χ3n) is 5.40. The molecule has 1 saturated heterocycles. The number of nitrogens with one attached hydrogen (secondary N) is 1. The van der Waals surface area contributed by atoms with E-state index >= 15 is 0 Å². The Morgan fingerprint density at radius 2 is 1.77 bits per heavy atom. The number of benzene rings is 2. The summed E-state index contributed by atoms with van der Waals surface area (Å²) in [5.74, 6) is -1.39. The van der Waals surface area contributed by atoms with Gasteiger partial charge in [-0.25, -0.2) is 8.78 Å². The first kappa shape index (κ1) is 22.0. The third-order valence-corrected chi connectivity index (χ3v) is 5.40. The molecule has 7 heteroatoms. The number of carbonyl (C=O) groups is 1. The van der Waals surface area contributed by atoms with Crippen molar-refractivity contribution in [2.45, 2.75) is 38.2 Å². The molecule has 1 atom stereocenters. The number of hydrogen-bond donors (Lipinski definition) is 1. The van der Waals surface area contributed by atoms with Gasteiger partial charge in [-0.15, -0.1) is 0 Å². The van der Waals surface area contributed by atoms with Crippen LogP contribution in [-0.2, 0) is 14.9 Å². The van der Waals surface area contributed by atoms with Gasteiger partial charge in [0.2, 0.25) is 0 Å². The fourth-order valence-corrected chi connectivity index (χ4v) is 3.61. The molecule has 1 fully saturated rings. The Hall–Kier alpha value is -2.67. The van der Waals surface area contributed by atoms with Crippen molar-refractivity contribution in [3.8, 4) is 11.5 Å². The van der Waals surface area contributed by atoms with Gasteiger partial charge in [-0.05, 0) is 56.5 Å². The highest BCUT2D eigenvalue weighted by Crippen LogP contribution is 2.35. The lowest BCUT2D eigenvalue weighted by molar-refractivity contribution is -0.127. The van der Waals surface area contributed by atoms with Gasteiger partial charge >= 0.3 is 0 Å². The number of carbonyl (C=O) groups excluding carboxylic acids is 1. The van der Waals surface area contributed by atoms with Crippen LogP contribution in [0.3, 0.4) is 0 Å². The van der Waals surface area contributed by atoms with Crippen LogP contribution >= 0.6 is 0 Å². The first-order chi connectivity index (χ1) is 14.4. The smallest absolute Gasteiger partial charge is 0.260 e. The van der Waals surface area contributed by atoms with Gasteiger partial charge in [-0.3, -0.25) is 4.79 Å². The Morgan fingerprint density at radius 1 is 1.10 bits per heavy atom. The summed E-state index contributed by atoms with van der Waals surface area (Å²) in [6, 6.07) is 11.1. The van der Waals surface area contributed by atoms with Gasteiger partial charge in [0.15, 0.2) is 17.7 Å². The molecule has 162 valence electrons. The van der Waals surface area contributed by atoms with Crippen molar-refractivity contribution in [3.05, 3.63) is 59.7 Å². The molecule has 0 spiro atoms. The zero-order chi connectivity index (χ0) is 21.6. The summed E-state index contributed by atoms with van der Waals surface area (Å²) in [5, 5.41) is 2.96. The molecule has 0 radical (unpaired) electrons. The number of halogens is 2. The van der Waals surface area contributed by atoms with E-state index < -0.39 is 17.7 Å². The molecule has 1 N–H and O–H groups in total. The first-order valence-electron chi connectivity index (χ1n) is 10.1. The fraction of sp³-hybridized carbons (Fsp3) is 0.435. The highest BCUT2D eigenvalue weighted by atomic mass is 19.2. The summed E-state index contributed by atoms with van der Waals surface area (Å²) < 4.78 is 43.0. The summed E-state index contributed by atoms with van der Waals surface area (Å²) in [4.78, 5) is 12.6. The van der Waals surface area contributed by atoms with Gasteiger partial charge in [-0.2, -0.15) is 0 Å². The molecular weight excluding hydrogens is 392 g/mol. The van der Waals surface area contributed by atoms with Crippen molar-refractivity contribution in [1.82, 2.24) is 5.32 Å². The second-order valence-electron chi connectivity index (χ2n) is 7.40. The average Bonchev–Trinajstić information content (AvgIpc) is 2.76. The molecule has 0 bridgehead atoms. The van der Waals surface area contributed by atoms with E-state index in [1.807, 2.05) is 31.2 Å². The third kappa shape index (κ3) is 5.27. The molecule has 0 saturated carbocycles. The zero-order valence-corrected chi connectivity index (χ0v) is 17.3. The minimum absolute atomic E-state index is 0.101. The number of amides is 1. The van der Waals surface area contributed by atoms with E-state index in [0.717, 1.165) is 36.3 Å². The summed E-state index contributed by atoms with van der Waals surface area (Å²) in [6.07, 6.45) is 0.700. The standard InChI is InChI=1S/C23H27F2NO4/c1-3-29-18-6-4-17(5-7-18)23(10-12-28-13-11-23)15-26-22(27)16(2)30-19-8-9-20(24)21(25)14-19/h4-9,14,16H,3,10-13,15H2,1-2H3,(H,26,27). The van der Waals surface area contributed by atoms with Crippen LogP contribution < -0.4 is 14.8 Å². The predicted molar refractivity (Wildman–Crippen MR) is 109 cm³/mol.